The highest BCUT2D eigenvalue weighted by Gasteiger charge is 2.20. The Labute approximate surface area is 198 Å². The van der Waals surface area contributed by atoms with Crippen LogP contribution < -0.4 is 15.0 Å². The van der Waals surface area contributed by atoms with Gasteiger partial charge in [-0.3, -0.25) is 9.59 Å². The molecule has 0 aliphatic carbocycles. The summed E-state index contributed by atoms with van der Waals surface area (Å²) in [5, 5.41) is 2.94. The number of furan rings is 1. The highest BCUT2D eigenvalue weighted by molar-refractivity contribution is 6.04. The normalized spacial score (nSPS) is 10.5. The van der Waals surface area contributed by atoms with E-state index in [2.05, 4.69) is 5.32 Å². The van der Waals surface area contributed by atoms with Crippen LogP contribution in [0.4, 0.5) is 5.69 Å². The van der Waals surface area contributed by atoms with Gasteiger partial charge in [-0.2, -0.15) is 0 Å². The van der Waals surface area contributed by atoms with Crippen LogP contribution in [-0.2, 0) is 24.3 Å². The minimum atomic E-state index is -0.242. The molecule has 0 aliphatic rings. The maximum atomic E-state index is 13.2. The average molecular weight is 455 g/mol. The third kappa shape index (κ3) is 5.92. The summed E-state index contributed by atoms with van der Waals surface area (Å²) >= 11 is 0. The van der Waals surface area contributed by atoms with E-state index in [1.807, 2.05) is 78.9 Å². The first-order chi connectivity index (χ1) is 16.6. The molecule has 4 aromatic rings. The van der Waals surface area contributed by atoms with Gasteiger partial charge in [0, 0.05) is 12.2 Å². The van der Waals surface area contributed by atoms with Crippen molar-refractivity contribution in [1.82, 2.24) is 5.32 Å². The molecule has 0 saturated carbocycles. The van der Waals surface area contributed by atoms with E-state index in [0.717, 1.165) is 22.4 Å². The molecular formula is C28H26N2O4. The minimum absolute atomic E-state index is 0.0571. The Morgan fingerprint density at radius 3 is 2.18 bits per heavy atom. The van der Waals surface area contributed by atoms with E-state index in [0.29, 0.717) is 18.8 Å². The van der Waals surface area contributed by atoms with Crippen molar-refractivity contribution in [3.8, 4) is 5.75 Å². The van der Waals surface area contributed by atoms with Gasteiger partial charge in [-0.1, -0.05) is 54.6 Å². The van der Waals surface area contributed by atoms with Crippen LogP contribution >= 0.6 is 0 Å². The molecule has 2 amide bonds. The summed E-state index contributed by atoms with van der Waals surface area (Å²) in [4.78, 5) is 27.2. The van der Waals surface area contributed by atoms with Gasteiger partial charge in [-0.05, 0) is 53.1 Å². The molecule has 6 heteroatoms. The number of benzene rings is 3. The molecule has 0 atom stereocenters. The standard InChI is InChI=1S/C28H26N2O4/c1-33-25-15-11-23(12-16-25)20-30(28(32)26-8-5-17-34-26)24-13-9-21(10-14-24)18-27(31)29-19-22-6-3-2-4-7-22/h2-17H,18-20H2,1H3,(H,29,31). The fourth-order valence-corrected chi connectivity index (χ4v) is 3.57. The Balaban J connectivity index is 1.46. The monoisotopic (exact) mass is 454 g/mol. The number of anilines is 1. The largest absolute Gasteiger partial charge is 0.497 e. The van der Waals surface area contributed by atoms with Gasteiger partial charge in [0.25, 0.3) is 5.91 Å². The summed E-state index contributed by atoms with van der Waals surface area (Å²) in [7, 11) is 1.62. The van der Waals surface area contributed by atoms with E-state index in [1.54, 1.807) is 24.1 Å². The van der Waals surface area contributed by atoms with Crippen LogP contribution in [0.25, 0.3) is 0 Å². The third-order valence-corrected chi connectivity index (χ3v) is 5.42. The van der Waals surface area contributed by atoms with E-state index in [-0.39, 0.29) is 24.0 Å². The van der Waals surface area contributed by atoms with Gasteiger partial charge in [0.1, 0.15) is 5.75 Å². The van der Waals surface area contributed by atoms with Crippen molar-refractivity contribution in [1.29, 1.82) is 0 Å². The van der Waals surface area contributed by atoms with Crippen molar-refractivity contribution in [2.24, 2.45) is 0 Å². The van der Waals surface area contributed by atoms with Gasteiger partial charge in [0.05, 0.1) is 26.3 Å². The lowest BCUT2D eigenvalue weighted by Gasteiger charge is -2.22. The second kappa shape index (κ2) is 11.0. The summed E-state index contributed by atoms with van der Waals surface area (Å²) in [6.45, 7) is 0.853. The minimum Gasteiger partial charge on any atom is -0.497 e. The Kier molecular flexibility index (Phi) is 7.40. The maximum Gasteiger partial charge on any atom is 0.294 e. The zero-order valence-corrected chi connectivity index (χ0v) is 18.9. The fourth-order valence-electron chi connectivity index (χ4n) is 3.57. The van der Waals surface area contributed by atoms with Gasteiger partial charge in [0.15, 0.2) is 5.76 Å². The zero-order chi connectivity index (χ0) is 23.8. The molecule has 1 N–H and O–H groups in total. The lowest BCUT2D eigenvalue weighted by atomic mass is 10.1. The summed E-state index contributed by atoms with van der Waals surface area (Å²) in [6.07, 6.45) is 1.74. The number of carbonyl (C=O) groups excluding carboxylic acids is 2. The number of nitrogens with one attached hydrogen (secondary N) is 1. The maximum absolute atomic E-state index is 13.2. The second-order valence-corrected chi connectivity index (χ2v) is 7.82. The zero-order valence-electron chi connectivity index (χ0n) is 18.9. The predicted molar refractivity (Wildman–Crippen MR) is 131 cm³/mol. The number of methoxy groups -OCH3 is 1. The van der Waals surface area contributed by atoms with Crippen LogP contribution in [0.3, 0.4) is 0 Å². The van der Waals surface area contributed by atoms with Crippen molar-refractivity contribution in [2.45, 2.75) is 19.5 Å². The number of carbonyl (C=O) groups is 2. The van der Waals surface area contributed by atoms with Gasteiger partial charge in [0.2, 0.25) is 5.91 Å². The summed E-state index contributed by atoms with van der Waals surface area (Å²) in [5.74, 6) is 0.716. The van der Waals surface area contributed by atoms with E-state index in [9.17, 15) is 9.59 Å². The highest BCUT2D eigenvalue weighted by atomic mass is 16.5. The van der Waals surface area contributed by atoms with Crippen molar-refractivity contribution >= 4 is 17.5 Å². The molecule has 0 bridgehead atoms. The molecule has 0 saturated heterocycles. The molecule has 0 fully saturated rings. The van der Waals surface area contributed by atoms with Gasteiger partial charge in [-0.15, -0.1) is 0 Å². The highest BCUT2D eigenvalue weighted by Crippen LogP contribution is 2.23. The second-order valence-electron chi connectivity index (χ2n) is 7.82. The predicted octanol–water partition coefficient (Wildman–Crippen LogP) is 4.99. The molecule has 1 aromatic heterocycles. The van der Waals surface area contributed by atoms with Crippen molar-refractivity contribution in [2.75, 3.05) is 12.0 Å². The molecule has 172 valence electrons. The number of amides is 2. The SMILES string of the molecule is COc1ccc(CN(C(=O)c2ccco2)c2ccc(CC(=O)NCc3ccccc3)cc2)cc1. The van der Waals surface area contributed by atoms with Crippen LogP contribution in [0.1, 0.15) is 27.2 Å². The quantitative estimate of drug-likeness (QED) is 0.387. The summed E-state index contributed by atoms with van der Waals surface area (Å²) in [6, 6.07) is 28.1. The van der Waals surface area contributed by atoms with Gasteiger partial charge >= 0.3 is 0 Å². The number of rotatable bonds is 9. The number of hydrogen-bond donors (Lipinski definition) is 1. The molecule has 0 spiro atoms. The topological polar surface area (TPSA) is 71.8 Å². The van der Waals surface area contributed by atoms with E-state index in [1.165, 1.54) is 6.26 Å². The van der Waals surface area contributed by atoms with Gasteiger partial charge < -0.3 is 19.4 Å². The van der Waals surface area contributed by atoms with Crippen LogP contribution in [-0.4, -0.2) is 18.9 Å². The van der Waals surface area contributed by atoms with Crippen LogP contribution in [0.15, 0.2) is 102 Å². The third-order valence-electron chi connectivity index (χ3n) is 5.42. The first kappa shape index (κ1) is 22.9. The smallest absolute Gasteiger partial charge is 0.294 e. The first-order valence-electron chi connectivity index (χ1n) is 11.0. The molecule has 1 heterocycles. The van der Waals surface area contributed by atoms with Crippen LogP contribution in [0.2, 0.25) is 0 Å². The summed E-state index contributed by atoms with van der Waals surface area (Å²) in [5.41, 5.74) is 3.58. The molecule has 0 unspecified atom stereocenters. The van der Waals surface area contributed by atoms with E-state index in [4.69, 9.17) is 9.15 Å². The number of ether oxygens (including phenoxy) is 1. The molecule has 6 nitrogen and oxygen atoms in total. The van der Waals surface area contributed by atoms with Crippen LogP contribution in [0.5, 0.6) is 5.75 Å². The lowest BCUT2D eigenvalue weighted by Crippen LogP contribution is -2.30. The van der Waals surface area contributed by atoms with E-state index < -0.39 is 0 Å². The number of hydrogen-bond acceptors (Lipinski definition) is 4. The van der Waals surface area contributed by atoms with Crippen molar-refractivity contribution in [3.05, 3.63) is 120 Å². The summed E-state index contributed by atoms with van der Waals surface area (Å²) < 4.78 is 10.6. The molecule has 0 aliphatic heterocycles. The molecule has 4 rings (SSSR count). The molecule has 0 radical (unpaired) electrons. The van der Waals surface area contributed by atoms with Crippen LogP contribution in [0, 0.1) is 0 Å². The molecule has 3 aromatic carbocycles. The van der Waals surface area contributed by atoms with E-state index >= 15 is 0 Å². The fraction of sp³-hybridized carbons (Fsp3) is 0.143. The number of nitrogens with zero attached hydrogens (tertiary/aromatic N) is 1. The Hall–Kier alpha value is -4.32. The van der Waals surface area contributed by atoms with Crippen molar-refractivity contribution < 1.29 is 18.7 Å². The first-order valence-corrected chi connectivity index (χ1v) is 11.0. The molecular weight excluding hydrogens is 428 g/mol. The average Bonchev–Trinajstić information content (AvgIpc) is 3.42. The van der Waals surface area contributed by atoms with Gasteiger partial charge in [-0.25, -0.2) is 0 Å². The lowest BCUT2D eigenvalue weighted by molar-refractivity contribution is -0.120. The Morgan fingerprint density at radius 2 is 1.53 bits per heavy atom. The Morgan fingerprint density at radius 1 is 0.824 bits per heavy atom. The Bertz CT molecular complexity index is 1200. The molecule has 34 heavy (non-hydrogen) atoms. The van der Waals surface area contributed by atoms with Crippen molar-refractivity contribution in [3.63, 3.8) is 0 Å².